The number of likely N-dealkylation sites (N-methyl/N-ethyl adjacent to an activating group) is 1. The number of likely N-dealkylation sites (tertiary alicyclic amines) is 1. The molecule has 0 saturated carbocycles. The Morgan fingerprint density at radius 2 is 2.00 bits per heavy atom. The van der Waals surface area contributed by atoms with Crippen LogP contribution in [0.1, 0.15) is 79.8 Å². The molecule has 2 saturated heterocycles. The van der Waals surface area contributed by atoms with Crippen molar-refractivity contribution in [3.8, 4) is 6.01 Å². The van der Waals surface area contributed by atoms with Crippen molar-refractivity contribution in [1.29, 1.82) is 0 Å². The predicted molar refractivity (Wildman–Crippen MR) is 187 cm³/mol. The molecular weight excluding hydrogens is 618 g/mol. The second-order valence-corrected chi connectivity index (χ2v) is 12.3. The van der Waals surface area contributed by atoms with Crippen molar-refractivity contribution in [1.82, 2.24) is 25.2 Å². The molecule has 0 aromatic carbocycles. The van der Waals surface area contributed by atoms with Crippen LogP contribution in [0.25, 0.3) is 16.5 Å². The summed E-state index contributed by atoms with van der Waals surface area (Å²) in [6, 6.07) is 0.118. The molecule has 10 nitrogen and oxygen atoms in total. The molecule has 4 aliphatic heterocycles. The van der Waals surface area contributed by atoms with E-state index < -0.39 is 11.4 Å². The quantitative estimate of drug-likeness (QED) is 0.328. The molecule has 0 amide bonds. The maximum atomic E-state index is 16.8. The molecule has 2 fully saturated rings. The van der Waals surface area contributed by atoms with Gasteiger partial charge in [0.25, 0.3) is 6.47 Å². The van der Waals surface area contributed by atoms with E-state index >= 15 is 8.78 Å². The van der Waals surface area contributed by atoms with E-state index in [9.17, 15) is 0 Å². The van der Waals surface area contributed by atoms with E-state index in [0.717, 1.165) is 25.8 Å². The van der Waals surface area contributed by atoms with Crippen molar-refractivity contribution in [2.75, 3.05) is 51.5 Å². The zero-order chi connectivity index (χ0) is 35.6. The zero-order valence-electron chi connectivity index (χ0n) is 29.8. The van der Waals surface area contributed by atoms with Crippen LogP contribution in [-0.4, -0.2) is 89.1 Å². The van der Waals surface area contributed by atoms with Gasteiger partial charge in [0.1, 0.15) is 29.5 Å². The summed E-state index contributed by atoms with van der Waals surface area (Å²) in [5.41, 5.74) is 1.63. The van der Waals surface area contributed by atoms with Gasteiger partial charge in [-0.05, 0) is 83.7 Å². The minimum atomic E-state index is -0.610. The van der Waals surface area contributed by atoms with E-state index in [1.165, 1.54) is 6.92 Å². The van der Waals surface area contributed by atoms with Gasteiger partial charge in [0.15, 0.2) is 5.82 Å². The van der Waals surface area contributed by atoms with Crippen molar-refractivity contribution >= 4 is 28.8 Å². The van der Waals surface area contributed by atoms with Crippen LogP contribution >= 0.6 is 0 Å². The molecule has 48 heavy (non-hydrogen) atoms. The average Bonchev–Trinajstić information content (AvgIpc) is 3.45. The van der Waals surface area contributed by atoms with E-state index in [1.807, 2.05) is 32.6 Å². The lowest BCUT2D eigenvalue weighted by Gasteiger charge is -2.41. The van der Waals surface area contributed by atoms with Gasteiger partial charge in [-0.3, -0.25) is 20.0 Å². The maximum absolute atomic E-state index is 16.8. The summed E-state index contributed by atoms with van der Waals surface area (Å²) in [5.74, 6) is -0.431. The standard InChI is InChI=1S/C33H44F2N6O2.C2H6.CH2O2/c1-8-21(4)26-23(9-2)28-27(35)29-25(16-37-28)30(39-31(38-29)42-19-33(10-3)13-11-14-40(33)7)41-18-32(6,17-36-20-41)43-15-12-24(26)22(5)34;1-2;2-1-3/h8-9,16,36H,1,10-15,17-20H2,2-7H3;1-2H3;1H,(H,2,3)/b23-9+,24-22+,26-21+;;. The summed E-state index contributed by atoms with van der Waals surface area (Å²) in [7, 11) is 2.12. The highest BCUT2D eigenvalue weighted by atomic mass is 19.1. The number of fused-ring (bicyclic) bond motifs is 6. The molecule has 2 unspecified atom stereocenters. The summed E-state index contributed by atoms with van der Waals surface area (Å²) in [6.45, 7) is 20.2. The minimum Gasteiger partial charge on any atom is -0.483 e. The van der Waals surface area contributed by atoms with Crippen molar-refractivity contribution in [3.05, 3.63) is 59.0 Å². The highest BCUT2D eigenvalue weighted by molar-refractivity contribution is 5.93. The van der Waals surface area contributed by atoms with Crippen LogP contribution in [0.15, 0.2) is 47.5 Å². The summed E-state index contributed by atoms with van der Waals surface area (Å²) < 4.78 is 44.8. The van der Waals surface area contributed by atoms with E-state index in [4.69, 9.17) is 24.4 Å². The fourth-order valence-corrected chi connectivity index (χ4v) is 6.72. The Morgan fingerprint density at radius 3 is 2.58 bits per heavy atom. The van der Waals surface area contributed by atoms with Gasteiger partial charge in [0, 0.05) is 18.3 Å². The van der Waals surface area contributed by atoms with Crippen molar-refractivity contribution in [2.45, 2.75) is 85.3 Å². The molecule has 0 spiro atoms. The number of carbonyl (C=O) groups is 1. The number of aromatic nitrogens is 3. The Balaban J connectivity index is 0.00000118. The molecule has 12 heteroatoms. The minimum absolute atomic E-state index is 0.0840. The molecule has 6 rings (SSSR count). The van der Waals surface area contributed by atoms with Crippen molar-refractivity contribution < 1.29 is 28.2 Å². The summed E-state index contributed by atoms with van der Waals surface area (Å²) in [6.07, 6.45) is 8.36. The number of nitrogens with one attached hydrogen (secondary N) is 1. The van der Waals surface area contributed by atoms with Gasteiger partial charge in [-0.2, -0.15) is 9.97 Å². The molecule has 2 aromatic heterocycles. The predicted octanol–water partition coefficient (Wildman–Crippen LogP) is 6.84. The molecule has 2 atom stereocenters. The Bertz CT molecular complexity index is 1560. The molecule has 4 aliphatic rings. The molecule has 6 bridgehead atoms. The first-order valence-corrected chi connectivity index (χ1v) is 16.7. The van der Waals surface area contributed by atoms with Crippen LogP contribution < -0.4 is 15.0 Å². The molecule has 2 N–H and O–H groups in total. The van der Waals surface area contributed by atoms with Crippen LogP contribution in [-0.2, 0) is 9.53 Å². The van der Waals surface area contributed by atoms with Crippen molar-refractivity contribution in [3.63, 3.8) is 0 Å². The van der Waals surface area contributed by atoms with Crippen LogP contribution in [0.5, 0.6) is 6.01 Å². The fourth-order valence-electron chi connectivity index (χ4n) is 6.72. The Hall–Kier alpha value is -3.74. The van der Waals surface area contributed by atoms with Crippen LogP contribution in [0.4, 0.5) is 14.6 Å². The first-order valence-electron chi connectivity index (χ1n) is 16.7. The number of nitrogens with zero attached hydrogens (tertiary/aromatic N) is 5. The number of anilines is 1. The van der Waals surface area contributed by atoms with Gasteiger partial charge >= 0.3 is 6.01 Å². The third-order valence-electron chi connectivity index (χ3n) is 9.38. The third kappa shape index (κ3) is 8.10. The molecular formula is C36H52F2N6O4. The van der Waals surface area contributed by atoms with Gasteiger partial charge in [-0.15, -0.1) is 0 Å². The lowest BCUT2D eigenvalue weighted by Crippen LogP contribution is -2.58. The number of pyridine rings is 1. The lowest BCUT2D eigenvalue weighted by atomic mass is 9.88. The SMILES string of the molecule is C=C/C(C)=C1C(=C/C)\c2ncc3c(nc(OCC4(CC)CCCN4C)nc3c2F)N2CNCC(C)(C2)OCCC\1=C(\C)F.CC.O=CO. The number of hydrogen-bond acceptors (Lipinski definition) is 9. The average molecular weight is 671 g/mol. The number of rotatable bonds is 5. The smallest absolute Gasteiger partial charge is 0.319 e. The normalized spacial score (nSPS) is 25.9. The highest BCUT2D eigenvalue weighted by Crippen LogP contribution is 2.39. The van der Waals surface area contributed by atoms with Crippen LogP contribution in [0.3, 0.4) is 0 Å². The maximum Gasteiger partial charge on any atom is 0.319 e. The highest BCUT2D eigenvalue weighted by Gasteiger charge is 2.39. The molecule has 2 aromatic rings. The lowest BCUT2D eigenvalue weighted by molar-refractivity contribution is -0.122. The molecule has 0 radical (unpaired) electrons. The number of hydrogen-bond donors (Lipinski definition) is 2. The van der Waals surface area contributed by atoms with E-state index in [2.05, 4.69) is 40.7 Å². The largest absolute Gasteiger partial charge is 0.483 e. The summed E-state index contributed by atoms with van der Waals surface area (Å²) in [5, 5.41) is 10.8. The second-order valence-electron chi connectivity index (χ2n) is 12.3. The van der Waals surface area contributed by atoms with E-state index in [0.29, 0.717) is 66.3 Å². The number of ether oxygens (including phenoxy) is 2. The fraction of sp³-hybridized carbons (Fsp3) is 0.556. The van der Waals surface area contributed by atoms with Gasteiger partial charge in [0.2, 0.25) is 0 Å². The van der Waals surface area contributed by atoms with Gasteiger partial charge < -0.3 is 19.5 Å². The van der Waals surface area contributed by atoms with E-state index in [-0.39, 0.29) is 41.7 Å². The van der Waals surface area contributed by atoms with Gasteiger partial charge in [-0.25, -0.2) is 8.78 Å². The first kappa shape index (κ1) is 38.7. The summed E-state index contributed by atoms with van der Waals surface area (Å²) in [4.78, 5) is 26.8. The molecule has 264 valence electrons. The number of allylic oxidation sites excluding steroid dienone is 6. The first-order chi connectivity index (χ1) is 23.0. The Morgan fingerprint density at radius 1 is 1.29 bits per heavy atom. The molecule has 0 aliphatic carbocycles. The van der Waals surface area contributed by atoms with E-state index in [1.54, 1.807) is 25.3 Å². The van der Waals surface area contributed by atoms with Gasteiger partial charge in [0.05, 0.1) is 36.3 Å². The summed E-state index contributed by atoms with van der Waals surface area (Å²) >= 11 is 0. The van der Waals surface area contributed by atoms with Crippen LogP contribution in [0, 0.1) is 5.82 Å². The molecule has 6 heterocycles. The zero-order valence-corrected chi connectivity index (χ0v) is 29.8. The number of carboxylic acid groups (broad SMARTS) is 1. The number of halogens is 2. The third-order valence-corrected chi connectivity index (χ3v) is 9.38. The second kappa shape index (κ2) is 17.1. The topological polar surface area (TPSA) is 113 Å². The Labute approximate surface area is 283 Å². The Kier molecular flexibility index (Phi) is 13.8. The van der Waals surface area contributed by atoms with Gasteiger partial charge in [-0.1, -0.05) is 39.5 Å². The monoisotopic (exact) mass is 670 g/mol. The van der Waals surface area contributed by atoms with Crippen LogP contribution in [0.2, 0.25) is 0 Å². The van der Waals surface area contributed by atoms with Crippen molar-refractivity contribution in [2.24, 2.45) is 0 Å².